The lowest BCUT2D eigenvalue weighted by atomic mass is 10.2. The van der Waals surface area contributed by atoms with Gasteiger partial charge in [-0.2, -0.15) is 4.98 Å². The summed E-state index contributed by atoms with van der Waals surface area (Å²) in [5, 5.41) is 6.63. The summed E-state index contributed by atoms with van der Waals surface area (Å²) in [4.78, 5) is 3.84. The van der Waals surface area contributed by atoms with Crippen molar-refractivity contribution >= 4 is 17.7 Å². The van der Waals surface area contributed by atoms with Gasteiger partial charge in [-0.1, -0.05) is 18.2 Å². The van der Waals surface area contributed by atoms with Crippen molar-refractivity contribution in [2.24, 2.45) is 0 Å². The van der Waals surface area contributed by atoms with Crippen molar-refractivity contribution in [1.29, 1.82) is 0 Å². The maximum absolute atomic E-state index is 5.29. The largest absolute Gasteiger partial charge is 0.351 e. The fourth-order valence-corrected chi connectivity index (χ4v) is 1.12. The third-order valence-corrected chi connectivity index (χ3v) is 1.83. The lowest BCUT2D eigenvalue weighted by Crippen LogP contribution is -1.94. The summed E-state index contributed by atoms with van der Waals surface area (Å²) >= 11 is 0. The van der Waals surface area contributed by atoms with E-state index in [0.717, 1.165) is 11.3 Å². The third kappa shape index (κ3) is 1.66. The molecule has 3 N–H and O–H groups in total. The van der Waals surface area contributed by atoms with Gasteiger partial charge in [0.1, 0.15) is 0 Å². The molecule has 14 heavy (non-hydrogen) atoms. The molecule has 5 heteroatoms. The van der Waals surface area contributed by atoms with E-state index in [0.29, 0.717) is 5.95 Å². The van der Waals surface area contributed by atoms with Crippen molar-refractivity contribution in [3.8, 4) is 0 Å². The topological polar surface area (TPSA) is 77.0 Å². The minimum Gasteiger partial charge on any atom is -0.351 e. The first-order valence-electron chi connectivity index (χ1n) is 4.17. The van der Waals surface area contributed by atoms with Gasteiger partial charge < -0.3 is 15.6 Å². The minimum atomic E-state index is 0.0566. The number of hydrogen-bond donors (Lipinski definition) is 2. The molecule has 72 valence electrons. The number of nitrogens with zero attached hydrogens (tertiary/aromatic N) is 2. The van der Waals surface area contributed by atoms with Gasteiger partial charge >= 0.3 is 6.01 Å². The number of benzene rings is 1. The maximum Gasteiger partial charge on any atom is 0.320 e. The summed E-state index contributed by atoms with van der Waals surface area (Å²) in [5.41, 5.74) is 7.34. The van der Waals surface area contributed by atoms with Crippen molar-refractivity contribution < 1.29 is 4.52 Å². The van der Waals surface area contributed by atoms with Crippen LogP contribution in [0.4, 0.5) is 17.7 Å². The fraction of sp³-hybridized carbons (Fsp3) is 0.111. The highest BCUT2D eigenvalue weighted by atomic mass is 16.5. The zero-order valence-corrected chi connectivity index (χ0v) is 7.69. The highest BCUT2D eigenvalue weighted by molar-refractivity contribution is 5.57. The molecular formula is C9H10N4O. The van der Waals surface area contributed by atoms with Gasteiger partial charge in [0.2, 0.25) is 0 Å². The average molecular weight is 190 g/mol. The molecule has 1 aromatic carbocycles. The maximum atomic E-state index is 5.29. The Morgan fingerprint density at radius 2 is 2.14 bits per heavy atom. The van der Waals surface area contributed by atoms with E-state index >= 15 is 0 Å². The molecule has 1 heterocycles. The Morgan fingerprint density at radius 3 is 2.79 bits per heavy atom. The van der Waals surface area contributed by atoms with Crippen LogP contribution < -0.4 is 11.1 Å². The Labute approximate surface area is 80.9 Å². The predicted molar refractivity (Wildman–Crippen MR) is 53.2 cm³/mol. The molecule has 2 aromatic rings. The number of para-hydroxylation sites is 1. The number of aromatic nitrogens is 2. The molecule has 0 bridgehead atoms. The summed E-state index contributed by atoms with van der Waals surface area (Å²) < 4.78 is 4.63. The lowest BCUT2D eigenvalue weighted by Gasteiger charge is -2.03. The second-order valence-electron chi connectivity index (χ2n) is 2.90. The molecule has 0 radical (unpaired) electrons. The van der Waals surface area contributed by atoms with E-state index in [9.17, 15) is 0 Å². The van der Waals surface area contributed by atoms with Gasteiger partial charge in [-0.3, -0.25) is 0 Å². The van der Waals surface area contributed by atoms with Crippen molar-refractivity contribution in [2.45, 2.75) is 6.92 Å². The third-order valence-electron chi connectivity index (χ3n) is 1.83. The van der Waals surface area contributed by atoms with Crippen molar-refractivity contribution in [2.75, 3.05) is 11.1 Å². The van der Waals surface area contributed by atoms with Gasteiger partial charge in [0.15, 0.2) is 0 Å². The Balaban J connectivity index is 2.23. The van der Waals surface area contributed by atoms with Crippen molar-refractivity contribution in [3.05, 3.63) is 29.8 Å². The summed E-state index contributed by atoms with van der Waals surface area (Å²) in [6, 6.07) is 7.87. The fourth-order valence-electron chi connectivity index (χ4n) is 1.12. The van der Waals surface area contributed by atoms with Crippen LogP contribution in [0.1, 0.15) is 5.56 Å². The second kappa shape index (κ2) is 3.37. The quantitative estimate of drug-likeness (QED) is 0.753. The molecule has 5 nitrogen and oxygen atoms in total. The highest BCUT2D eigenvalue weighted by Crippen LogP contribution is 2.17. The molecule has 0 aliphatic rings. The Hall–Kier alpha value is -2.04. The van der Waals surface area contributed by atoms with E-state index in [1.165, 1.54) is 0 Å². The summed E-state index contributed by atoms with van der Waals surface area (Å²) in [6.45, 7) is 1.99. The smallest absolute Gasteiger partial charge is 0.320 e. The number of aryl methyl sites for hydroxylation is 1. The monoisotopic (exact) mass is 190 g/mol. The number of nitrogen functional groups attached to an aromatic ring is 1. The highest BCUT2D eigenvalue weighted by Gasteiger charge is 2.03. The molecular weight excluding hydrogens is 180 g/mol. The molecule has 0 amide bonds. The lowest BCUT2D eigenvalue weighted by molar-refractivity contribution is 0.437. The Kier molecular flexibility index (Phi) is 2.06. The van der Waals surface area contributed by atoms with E-state index in [4.69, 9.17) is 5.73 Å². The molecule has 0 spiro atoms. The van der Waals surface area contributed by atoms with Gasteiger partial charge in [-0.05, 0) is 23.7 Å². The summed E-state index contributed by atoms with van der Waals surface area (Å²) in [6.07, 6.45) is 0. The van der Waals surface area contributed by atoms with Crippen LogP contribution in [0.2, 0.25) is 0 Å². The van der Waals surface area contributed by atoms with Crippen molar-refractivity contribution in [3.63, 3.8) is 0 Å². The van der Waals surface area contributed by atoms with Gasteiger partial charge in [0.05, 0.1) is 0 Å². The molecule has 0 atom stereocenters. The molecule has 0 aliphatic carbocycles. The molecule has 0 unspecified atom stereocenters. The van der Waals surface area contributed by atoms with Gasteiger partial charge in [0.25, 0.3) is 5.95 Å². The van der Waals surface area contributed by atoms with E-state index in [2.05, 4.69) is 20.0 Å². The summed E-state index contributed by atoms with van der Waals surface area (Å²) in [5.74, 6) is 0.372. The number of anilines is 3. The SMILES string of the molecule is Cc1ccccc1Nc1noc(N)n1. The first-order valence-corrected chi connectivity index (χ1v) is 4.17. The van der Waals surface area contributed by atoms with Gasteiger partial charge in [-0.15, -0.1) is 0 Å². The van der Waals surface area contributed by atoms with Crippen LogP contribution >= 0.6 is 0 Å². The van der Waals surface area contributed by atoms with Crippen molar-refractivity contribution in [1.82, 2.24) is 10.1 Å². The van der Waals surface area contributed by atoms with Crippen LogP contribution in [-0.2, 0) is 0 Å². The van der Waals surface area contributed by atoms with E-state index in [1.54, 1.807) is 0 Å². The first-order chi connectivity index (χ1) is 6.75. The van der Waals surface area contributed by atoms with Crippen LogP contribution in [0.25, 0.3) is 0 Å². The molecule has 1 aromatic heterocycles. The van der Waals surface area contributed by atoms with E-state index < -0.39 is 0 Å². The molecule has 0 fully saturated rings. The minimum absolute atomic E-state index is 0.0566. The zero-order valence-electron chi connectivity index (χ0n) is 7.69. The number of nitrogens with one attached hydrogen (secondary N) is 1. The molecule has 0 saturated heterocycles. The van der Waals surface area contributed by atoms with Gasteiger partial charge in [-0.25, -0.2) is 0 Å². The zero-order chi connectivity index (χ0) is 9.97. The number of rotatable bonds is 2. The van der Waals surface area contributed by atoms with Gasteiger partial charge in [0, 0.05) is 5.69 Å². The van der Waals surface area contributed by atoms with E-state index in [1.807, 2.05) is 31.2 Å². The van der Waals surface area contributed by atoms with Crippen LogP contribution in [0.15, 0.2) is 28.8 Å². The predicted octanol–water partition coefficient (Wildman–Crippen LogP) is 1.70. The van der Waals surface area contributed by atoms with Crippen LogP contribution in [0.3, 0.4) is 0 Å². The van der Waals surface area contributed by atoms with Crippen LogP contribution in [0, 0.1) is 6.92 Å². The standard InChI is InChI=1S/C9H10N4O/c1-6-4-2-3-5-7(6)11-9-12-8(10)14-13-9/h2-5H,1H3,(H3,10,11,12,13). The number of nitrogens with two attached hydrogens (primary N) is 1. The second-order valence-corrected chi connectivity index (χ2v) is 2.90. The van der Waals surface area contributed by atoms with E-state index in [-0.39, 0.29) is 6.01 Å². The van der Waals surface area contributed by atoms with Crippen LogP contribution in [0.5, 0.6) is 0 Å². The average Bonchev–Trinajstić information content (AvgIpc) is 2.56. The molecule has 2 rings (SSSR count). The Bertz CT molecular complexity index is 438. The summed E-state index contributed by atoms with van der Waals surface area (Å²) in [7, 11) is 0. The normalized spacial score (nSPS) is 10.1. The number of hydrogen-bond acceptors (Lipinski definition) is 5. The first kappa shape index (κ1) is 8.55. The molecule has 0 saturated carbocycles. The molecule has 0 aliphatic heterocycles. The Morgan fingerprint density at radius 1 is 1.36 bits per heavy atom. The van der Waals surface area contributed by atoms with Crippen LogP contribution in [-0.4, -0.2) is 10.1 Å².